The highest BCUT2D eigenvalue weighted by Crippen LogP contribution is 2.34. The number of carboxylic acids is 1. The molecule has 0 fully saturated rings. The van der Waals surface area contributed by atoms with Crippen molar-refractivity contribution in [3.05, 3.63) is 34.0 Å². The minimum atomic E-state index is -0.981. The van der Waals surface area contributed by atoms with Crippen molar-refractivity contribution in [3.63, 3.8) is 0 Å². The number of carbonyl (C=O) groups excluding carboxylic acids is 3. The van der Waals surface area contributed by atoms with Crippen LogP contribution in [0.15, 0.2) is 12.4 Å². The van der Waals surface area contributed by atoms with Gasteiger partial charge in [0.05, 0.1) is 43.0 Å². The van der Waals surface area contributed by atoms with Gasteiger partial charge >= 0.3 is 17.9 Å². The molecular formula is C19H23N3O7S. The number of rotatable bonds is 9. The maximum atomic E-state index is 12.6. The lowest BCUT2D eigenvalue weighted by molar-refractivity contribution is -0.137. The Bertz CT molecular complexity index is 961. The fourth-order valence-corrected chi connectivity index (χ4v) is 3.58. The Morgan fingerprint density at radius 1 is 1.27 bits per heavy atom. The van der Waals surface area contributed by atoms with Crippen LogP contribution in [0.4, 0.5) is 5.00 Å². The third kappa shape index (κ3) is 5.66. The molecule has 1 amide bonds. The predicted molar refractivity (Wildman–Crippen MR) is 108 cm³/mol. The average molecular weight is 437 g/mol. The Labute approximate surface area is 176 Å². The first kappa shape index (κ1) is 23.1. The molecule has 162 valence electrons. The highest BCUT2D eigenvalue weighted by molar-refractivity contribution is 7.18. The highest BCUT2D eigenvalue weighted by atomic mass is 32.1. The molecule has 0 unspecified atom stereocenters. The van der Waals surface area contributed by atoms with Crippen LogP contribution in [0.25, 0.3) is 0 Å². The van der Waals surface area contributed by atoms with Gasteiger partial charge in [-0.15, -0.1) is 11.3 Å². The molecule has 0 aliphatic carbocycles. The van der Waals surface area contributed by atoms with Crippen LogP contribution in [0.3, 0.4) is 0 Å². The van der Waals surface area contributed by atoms with Crippen LogP contribution in [-0.4, -0.2) is 51.4 Å². The summed E-state index contributed by atoms with van der Waals surface area (Å²) in [5.41, 5.74) is 0.618. The Hall–Kier alpha value is -3.21. The van der Waals surface area contributed by atoms with E-state index in [4.69, 9.17) is 14.6 Å². The lowest BCUT2D eigenvalue weighted by Crippen LogP contribution is -2.17. The zero-order valence-electron chi connectivity index (χ0n) is 17.1. The molecule has 2 aromatic rings. The number of esters is 2. The number of amides is 1. The van der Waals surface area contributed by atoms with E-state index in [0.29, 0.717) is 5.56 Å². The summed E-state index contributed by atoms with van der Waals surface area (Å²) in [6.45, 7) is 6.91. The summed E-state index contributed by atoms with van der Waals surface area (Å²) >= 11 is 0.921. The molecule has 0 aromatic carbocycles. The van der Waals surface area contributed by atoms with Gasteiger partial charge in [0, 0.05) is 6.20 Å². The van der Waals surface area contributed by atoms with Crippen LogP contribution in [0.2, 0.25) is 0 Å². The number of hydrogen-bond acceptors (Lipinski definition) is 8. The maximum absolute atomic E-state index is 12.6. The highest BCUT2D eigenvalue weighted by Gasteiger charge is 2.28. The Morgan fingerprint density at radius 3 is 2.57 bits per heavy atom. The lowest BCUT2D eigenvalue weighted by atomic mass is 10.1. The third-order valence-corrected chi connectivity index (χ3v) is 5.02. The van der Waals surface area contributed by atoms with Gasteiger partial charge in [-0.25, -0.2) is 9.59 Å². The number of hydrogen-bond donors (Lipinski definition) is 2. The number of aromatic nitrogens is 2. The summed E-state index contributed by atoms with van der Waals surface area (Å²) in [7, 11) is 0. The van der Waals surface area contributed by atoms with Gasteiger partial charge in [-0.1, -0.05) is 0 Å². The van der Waals surface area contributed by atoms with E-state index >= 15 is 0 Å². The van der Waals surface area contributed by atoms with E-state index < -0.39 is 23.8 Å². The molecule has 0 aliphatic heterocycles. The number of nitrogens with one attached hydrogen (secondary N) is 1. The van der Waals surface area contributed by atoms with Crippen molar-refractivity contribution in [1.29, 1.82) is 0 Å². The van der Waals surface area contributed by atoms with Gasteiger partial charge in [0.25, 0.3) is 5.91 Å². The van der Waals surface area contributed by atoms with Gasteiger partial charge in [-0.2, -0.15) is 5.10 Å². The second-order valence-electron chi connectivity index (χ2n) is 6.52. The summed E-state index contributed by atoms with van der Waals surface area (Å²) in [6.07, 6.45) is 2.16. The van der Waals surface area contributed by atoms with E-state index in [1.54, 1.807) is 27.7 Å². The van der Waals surface area contributed by atoms with E-state index in [2.05, 4.69) is 10.4 Å². The van der Waals surface area contributed by atoms with Crippen LogP contribution < -0.4 is 5.32 Å². The average Bonchev–Trinajstić information content (AvgIpc) is 3.24. The molecule has 0 spiro atoms. The zero-order chi connectivity index (χ0) is 22.4. The maximum Gasteiger partial charge on any atom is 0.348 e. The van der Waals surface area contributed by atoms with Crippen LogP contribution in [-0.2, 0) is 20.8 Å². The normalized spacial score (nSPS) is 10.7. The molecule has 0 bridgehead atoms. The summed E-state index contributed by atoms with van der Waals surface area (Å²) < 4.78 is 11.6. The lowest BCUT2D eigenvalue weighted by Gasteiger charge is -2.10. The molecule has 2 heterocycles. The minimum absolute atomic E-state index is 0.0865. The van der Waals surface area contributed by atoms with E-state index in [1.165, 1.54) is 17.1 Å². The Kier molecular flexibility index (Phi) is 7.70. The van der Waals surface area contributed by atoms with Crippen LogP contribution in [0.5, 0.6) is 0 Å². The molecule has 30 heavy (non-hydrogen) atoms. The smallest absolute Gasteiger partial charge is 0.348 e. The molecule has 2 aromatic heterocycles. The van der Waals surface area contributed by atoms with Crippen LogP contribution >= 0.6 is 11.3 Å². The van der Waals surface area contributed by atoms with Gasteiger partial charge in [0.2, 0.25) is 0 Å². The van der Waals surface area contributed by atoms with Crippen LogP contribution in [0, 0.1) is 6.92 Å². The number of anilines is 1. The molecule has 0 aliphatic rings. The number of nitrogens with zero attached hydrogens (tertiary/aromatic N) is 2. The van der Waals surface area contributed by atoms with Crippen molar-refractivity contribution in [2.75, 3.05) is 11.9 Å². The Morgan fingerprint density at radius 2 is 1.97 bits per heavy atom. The van der Waals surface area contributed by atoms with Gasteiger partial charge in [-0.3, -0.25) is 14.3 Å². The second kappa shape index (κ2) is 10.0. The molecule has 0 saturated heterocycles. The van der Waals surface area contributed by atoms with E-state index in [9.17, 15) is 19.2 Å². The number of ether oxygens (including phenoxy) is 2. The molecule has 10 nitrogen and oxygen atoms in total. The first-order valence-corrected chi connectivity index (χ1v) is 10.0. The molecule has 0 atom stereocenters. The number of carbonyl (C=O) groups is 4. The van der Waals surface area contributed by atoms with E-state index in [-0.39, 0.29) is 46.7 Å². The van der Waals surface area contributed by atoms with Crippen molar-refractivity contribution < 1.29 is 33.8 Å². The largest absolute Gasteiger partial charge is 0.481 e. The van der Waals surface area contributed by atoms with Gasteiger partial charge in [0.15, 0.2) is 0 Å². The van der Waals surface area contributed by atoms with E-state index in [0.717, 1.165) is 11.3 Å². The van der Waals surface area contributed by atoms with Gasteiger partial charge < -0.3 is 19.9 Å². The van der Waals surface area contributed by atoms with Crippen molar-refractivity contribution >= 4 is 40.2 Å². The minimum Gasteiger partial charge on any atom is -0.481 e. The molecule has 11 heteroatoms. The molecule has 0 radical (unpaired) electrons. The second-order valence-corrected chi connectivity index (χ2v) is 7.55. The zero-order valence-corrected chi connectivity index (χ0v) is 17.9. The van der Waals surface area contributed by atoms with Gasteiger partial charge in [0.1, 0.15) is 9.88 Å². The van der Waals surface area contributed by atoms with Crippen molar-refractivity contribution in [2.45, 2.75) is 46.8 Å². The third-order valence-electron chi connectivity index (χ3n) is 3.83. The quantitative estimate of drug-likeness (QED) is 0.571. The summed E-state index contributed by atoms with van der Waals surface area (Å²) in [5.74, 6) is -2.81. The number of carboxylic acid groups (broad SMARTS) is 1. The standard InChI is InChI=1S/C19H23N3O7S/c1-5-28-19(27)15-11(4)14(18(26)29-10(2)3)17(30-15)21-16(25)12-8-20-22(9-12)7-6-13(23)24/h8-10H,5-7H2,1-4H3,(H,21,25)(H,23,24). The van der Waals surface area contributed by atoms with Crippen molar-refractivity contribution in [2.24, 2.45) is 0 Å². The molecule has 2 N–H and O–H groups in total. The summed E-state index contributed by atoms with van der Waals surface area (Å²) in [4.78, 5) is 48.3. The van der Waals surface area contributed by atoms with Crippen LogP contribution in [0.1, 0.15) is 63.1 Å². The summed E-state index contributed by atoms with van der Waals surface area (Å²) in [5, 5.41) is 15.5. The fraction of sp³-hybridized carbons (Fsp3) is 0.421. The Balaban J connectivity index is 2.31. The number of aryl methyl sites for hydroxylation is 1. The van der Waals surface area contributed by atoms with Crippen molar-refractivity contribution in [1.82, 2.24) is 9.78 Å². The fourth-order valence-electron chi connectivity index (χ4n) is 2.50. The molecule has 0 saturated carbocycles. The number of thiophene rings is 1. The number of aliphatic carboxylic acids is 1. The first-order chi connectivity index (χ1) is 14.1. The predicted octanol–water partition coefficient (Wildman–Crippen LogP) is 2.72. The molecule has 2 rings (SSSR count). The monoisotopic (exact) mass is 437 g/mol. The van der Waals surface area contributed by atoms with E-state index in [1.807, 2.05) is 0 Å². The van der Waals surface area contributed by atoms with Crippen molar-refractivity contribution in [3.8, 4) is 0 Å². The van der Waals surface area contributed by atoms with Gasteiger partial charge in [-0.05, 0) is 33.3 Å². The topological polar surface area (TPSA) is 137 Å². The molecular weight excluding hydrogens is 414 g/mol. The first-order valence-electron chi connectivity index (χ1n) is 9.21. The summed E-state index contributed by atoms with van der Waals surface area (Å²) in [6, 6.07) is 0. The SMILES string of the molecule is CCOC(=O)c1sc(NC(=O)c2cnn(CCC(=O)O)c2)c(C(=O)OC(C)C)c1C.